The predicted octanol–water partition coefficient (Wildman–Crippen LogP) is 3.25. The van der Waals surface area contributed by atoms with E-state index in [1.165, 1.54) is 30.5 Å². The minimum Gasteiger partial charge on any atom is -0.381 e. The lowest BCUT2D eigenvalue weighted by atomic mass is 10.0. The number of nitrogens with one attached hydrogen (secondary N) is 1. The van der Waals surface area contributed by atoms with Crippen molar-refractivity contribution in [1.82, 2.24) is 14.9 Å². The third kappa shape index (κ3) is 3.82. The summed E-state index contributed by atoms with van der Waals surface area (Å²) in [5.41, 5.74) is 3.06. The molecular formula is C21H25FN4O. The summed E-state index contributed by atoms with van der Waals surface area (Å²) in [5, 5.41) is 3.59. The number of aromatic nitrogens is 2. The lowest BCUT2D eigenvalue weighted by molar-refractivity contribution is 0.161. The summed E-state index contributed by atoms with van der Waals surface area (Å²) in [6, 6.07) is 7.07. The van der Waals surface area contributed by atoms with Crippen LogP contribution in [0.4, 0.5) is 10.2 Å². The Morgan fingerprint density at radius 2 is 2.15 bits per heavy atom. The number of halogens is 1. The summed E-state index contributed by atoms with van der Waals surface area (Å²) >= 11 is 0. The summed E-state index contributed by atoms with van der Waals surface area (Å²) in [6.07, 6.45) is 4.45. The van der Waals surface area contributed by atoms with E-state index in [1.54, 1.807) is 6.07 Å². The molecule has 1 saturated carbocycles. The number of hydrogen-bond donors (Lipinski definition) is 1. The van der Waals surface area contributed by atoms with Gasteiger partial charge in [-0.3, -0.25) is 4.90 Å². The van der Waals surface area contributed by atoms with Crippen LogP contribution < -0.4 is 5.32 Å². The van der Waals surface area contributed by atoms with Gasteiger partial charge in [0, 0.05) is 49.8 Å². The molecule has 0 radical (unpaired) electrons. The average Bonchev–Trinajstić information content (AvgIpc) is 3.34. The highest BCUT2D eigenvalue weighted by Crippen LogP contribution is 2.32. The second-order valence-electron chi connectivity index (χ2n) is 7.96. The van der Waals surface area contributed by atoms with E-state index >= 15 is 0 Å². The Hall–Kier alpha value is -2.05. The largest absolute Gasteiger partial charge is 0.381 e. The maximum atomic E-state index is 13.7. The summed E-state index contributed by atoms with van der Waals surface area (Å²) < 4.78 is 19.2. The maximum absolute atomic E-state index is 13.7. The number of fused-ring (bicyclic) bond motifs is 1. The zero-order valence-corrected chi connectivity index (χ0v) is 15.5. The van der Waals surface area contributed by atoms with E-state index in [4.69, 9.17) is 14.7 Å². The molecule has 5 rings (SSSR count). The molecule has 0 bridgehead atoms. The Morgan fingerprint density at radius 1 is 1.22 bits per heavy atom. The van der Waals surface area contributed by atoms with E-state index in [9.17, 15) is 4.39 Å². The Morgan fingerprint density at radius 3 is 2.93 bits per heavy atom. The number of nitrogens with zero attached hydrogens (tertiary/aromatic N) is 3. The van der Waals surface area contributed by atoms with E-state index in [0.717, 1.165) is 62.8 Å². The first kappa shape index (κ1) is 17.1. The number of ether oxygens (including phenoxy) is 1. The molecular weight excluding hydrogens is 343 g/mol. The molecule has 27 heavy (non-hydrogen) atoms. The van der Waals surface area contributed by atoms with E-state index in [1.807, 2.05) is 6.07 Å². The lowest BCUT2D eigenvalue weighted by Crippen LogP contribution is -2.36. The Balaban J connectivity index is 1.44. The van der Waals surface area contributed by atoms with Crippen LogP contribution in [0.5, 0.6) is 0 Å². The van der Waals surface area contributed by atoms with E-state index < -0.39 is 0 Å². The zero-order valence-electron chi connectivity index (χ0n) is 15.5. The molecule has 1 aliphatic carbocycles. The molecule has 0 unspecified atom stereocenters. The SMILES string of the molecule is Fc1cccc(-c2nc3c(c(NC4CC4)n2)CN(C[C@H]2CCOC2)CC3)c1. The van der Waals surface area contributed by atoms with Crippen molar-refractivity contribution in [3.8, 4) is 11.4 Å². The first-order valence-electron chi connectivity index (χ1n) is 9.97. The highest BCUT2D eigenvalue weighted by atomic mass is 19.1. The summed E-state index contributed by atoms with van der Waals surface area (Å²) in [6.45, 7) is 4.74. The molecule has 1 N–H and O–H groups in total. The molecule has 3 heterocycles. The van der Waals surface area contributed by atoms with Crippen LogP contribution in [-0.2, 0) is 17.7 Å². The molecule has 2 aromatic rings. The fourth-order valence-corrected chi connectivity index (χ4v) is 4.02. The fourth-order valence-electron chi connectivity index (χ4n) is 4.02. The third-order valence-corrected chi connectivity index (χ3v) is 5.68. The van der Waals surface area contributed by atoms with Gasteiger partial charge >= 0.3 is 0 Å². The standard InChI is InChI=1S/C21H25FN4O/c22-16-3-1-2-15(10-16)20-24-19-6-8-26(11-14-7-9-27-13-14)12-18(19)21(25-20)23-17-4-5-17/h1-3,10,14,17H,4-9,11-13H2,(H,23,24,25)/t14-/m1/s1. The summed E-state index contributed by atoms with van der Waals surface area (Å²) in [4.78, 5) is 12.1. The van der Waals surface area contributed by atoms with Gasteiger partial charge in [-0.15, -0.1) is 0 Å². The van der Waals surface area contributed by atoms with E-state index in [-0.39, 0.29) is 5.82 Å². The van der Waals surface area contributed by atoms with Crippen LogP contribution in [0.1, 0.15) is 30.5 Å². The molecule has 5 nitrogen and oxygen atoms in total. The highest BCUT2D eigenvalue weighted by molar-refractivity contribution is 5.60. The highest BCUT2D eigenvalue weighted by Gasteiger charge is 2.29. The van der Waals surface area contributed by atoms with E-state index in [0.29, 0.717) is 17.8 Å². The second kappa shape index (κ2) is 7.17. The predicted molar refractivity (Wildman–Crippen MR) is 102 cm³/mol. The van der Waals surface area contributed by atoms with Gasteiger partial charge in [-0.1, -0.05) is 12.1 Å². The number of rotatable bonds is 5. The van der Waals surface area contributed by atoms with Gasteiger partial charge in [0.05, 0.1) is 12.3 Å². The van der Waals surface area contributed by atoms with Gasteiger partial charge in [0.15, 0.2) is 5.82 Å². The maximum Gasteiger partial charge on any atom is 0.161 e. The molecule has 6 heteroatoms. The molecule has 3 aliphatic rings. The van der Waals surface area contributed by atoms with Gasteiger partial charge in [-0.25, -0.2) is 14.4 Å². The molecule has 1 atom stereocenters. The van der Waals surface area contributed by atoms with Gasteiger partial charge < -0.3 is 10.1 Å². The number of anilines is 1. The smallest absolute Gasteiger partial charge is 0.161 e. The quantitative estimate of drug-likeness (QED) is 0.878. The first-order chi connectivity index (χ1) is 13.2. The van der Waals surface area contributed by atoms with Gasteiger partial charge in [0.2, 0.25) is 0 Å². The first-order valence-corrected chi connectivity index (χ1v) is 9.97. The topological polar surface area (TPSA) is 50.3 Å². The van der Waals surface area contributed by atoms with Gasteiger partial charge in [0.1, 0.15) is 11.6 Å². The Labute approximate surface area is 159 Å². The Bertz CT molecular complexity index is 833. The molecule has 0 amide bonds. The molecule has 142 valence electrons. The molecule has 1 saturated heterocycles. The van der Waals surface area contributed by atoms with Gasteiger partial charge in [0.25, 0.3) is 0 Å². The second-order valence-corrected chi connectivity index (χ2v) is 7.96. The zero-order chi connectivity index (χ0) is 18.2. The summed E-state index contributed by atoms with van der Waals surface area (Å²) in [5.74, 6) is 1.94. The van der Waals surface area contributed by atoms with Crippen LogP contribution in [-0.4, -0.2) is 47.2 Å². The van der Waals surface area contributed by atoms with Crippen LogP contribution in [0.2, 0.25) is 0 Å². The van der Waals surface area contributed by atoms with Crippen LogP contribution in [0.15, 0.2) is 24.3 Å². The Kier molecular flexibility index (Phi) is 4.53. The van der Waals surface area contributed by atoms with E-state index in [2.05, 4.69) is 10.2 Å². The number of hydrogen-bond acceptors (Lipinski definition) is 5. The summed E-state index contributed by atoms with van der Waals surface area (Å²) in [7, 11) is 0. The van der Waals surface area contributed by atoms with Crippen LogP contribution in [0.3, 0.4) is 0 Å². The molecule has 1 aromatic heterocycles. The minimum absolute atomic E-state index is 0.254. The molecule has 2 aliphatic heterocycles. The lowest BCUT2D eigenvalue weighted by Gasteiger charge is -2.31. The van der Waals surface area contributed by atoms with Crippen molar-refractivity contribution >= 4 is 5.82 Å². The van der Waals surface area contributed by atoms with Crippen molar-refractivity contribution in [2.45, 2.75) is 38.3 Å². The normalized spacial score (nSPS) is 22.6. The van der Waals surface area contributed by atoms with Crippen molar-refractivity contribution in [2.24, 2.45) is 5.92 Å². The van der Waals surface area contributed by atoms with Crippen LogP contribution in [0.25, 0.3) is 11.4 Å². The van der Waals surface area contributed by atoms with Crippen LogP contribution in [0, 0.1) is 11.7 Å². The van der Waals surface area contributed by atoms with Crippen molar-refractivity contribution in [2.75, 3.05) is 31.6 Å². The van der Waals surface area contributed by atoms with Gasteiger partial charge in [-0.2, -0.15) is 0 Å². The fraction of sp³-hybridized carbons (Fsp3) is 0.524. The van der Waals surface area contributed by atoms with Crippen molar-refractivity contribution in [3.05, 3.63) is 41.3 Å². The van der Waals surface area contributed by atoms with Crippen molar-refractivity contribution < 1.29 is 9.13 Å². The third-order valence-electron chi connectivity index (χ3n) is 5.68. The minimum atomic E-state index is -0.254. The van der Waals surface area contributed by atoms with Crippen molar-refractivity contribution in [1.29, 1.82) is 0 Å². The number of benzene rings is 1. The molecule has 2 fully saturated rings. The molecule has 0 spiro atoms. The van der Waals surface area contributed by atoms with Crippen molar-refractivity contribution in [3.63, 3.8) is 0 Å². The monoisotopic (exact) mass is 368 g/mol. The molecule has 1 aromatic carbocycles. The van der Waals surface area contributed by atoms with Gasteiger partial charge in [-0.05, 0) is 37.3 Å². The van der Waals surface area contributed by atoms with Crippen LogP contribution >= 0.6 is 0 Å². The average molecular weight is 368 g/mol.